The molecular formula is C48H58NO3PS. The molecule has 0 unspecified atom stereocenters. The molecule has 0 saturated heterocycles. The molecule has 5 aromatic carbocycles. The topological polar surface area (TPSA) is 38.8 Å². The second-order valence-electron chi connectivity index (χ2n) is 18.1. The van der Waals surface area contributed by atoms with E-state index in [2.05, 4.69) is 169 Å². The largest absolute Gasteiger partial charge is 0.496 e. The van der Waals surface area contributed by atoms with Crippen molar-refractivity contribution in [1.29, 1.82) is 0 Å². The van der Waals surface area contributed by atoms with E-state index in [1.54, 1.807) is 7.11 Å². The highest BCUT2D eigenvalue weighted by Crippen LogP contribution is 2.54. The van der Waals surface area contributed by atoms with Crippen LogP contribution in [0.25, 0.3) is 0 Å². The number of nitrogens with zero attached hydrogens (tertiary/aromatic N) is 1. The molecule has 1 heterocycles. The molecule has 2 atom stereocenters. The van der Waals surface area contributed by atoms with Crippen LogP contribution in [0.2, 0.25) is 0 Å². The van der Waals surface area contributed by atoms with Crippen LogP contribution in [-0.4, -0.2) is 27.4 Å². The van der Waals surface area contributed by atoms with Crippen LogP contribution in [0.5, 0.6) is 17.2 Å². The summed E-state index contributed by atoms with van der Waals surface area (Å²) in [6.45, 7) is 24.2. The lowest BCUT2D eigenvalue weighted by Gasteiger charge is -2.40. The minimum absolute atomic E-state index is 0.206. The number of rotatable bonds is 8. The molecule has 0 fully saturated rings. The monoisotopic (exact) mass is 759 g/mol. The lowest BCUT2D eigenvalue weighted by Crippen LogP contribution is -2.38. The Morgan fingerprint density at radius 3 is 1.63 bits per heavy atom. The quantitative estimate of drug-likeness (QED) is 0.148. The van der Waals surface area contributed by atoms with Crippen molar-refractivity contribution in [2.24, 2.45) is 0 Å². The Morgan fingerprint density at radius 2 is 1.17 bits per heavy atom. The summed E-state index contributed by atoms with van der Waals surface area (Å²) in [6, 6.07) is 39.0. The first-order chi connectivity index (χ1) is 25.3. The van der Waals surface area contributed by atoms with Gasteiger partial charge in [0.05, 0.1) is 17.9 Å². The maximum Gasteiger partial charge on any atom is 0.139 e. The SMILES string of the molecule is COc1c(C(C)(C)C)cc([C@@H](c2cccc3c2Oc2c(P(c4ccccc4)c4ccccc4)cccc2C3(C)C)N(C)[S@](=O)C(C)(C)C)cc1C(C)(C)C. The van der Waals surface area contributed by atoms with Crippen molar-refractivity contribution in [3.63, 3.8) is 0 Å². The standard InChI is InChI=1S/C48H58NO3PS/c1-45(2,3)38-30-32(31-39(43(38)51-13)46(4,5)6)41(49(12)54(50)47(7,8)9)35-26-20-27-36-42(35)52-44-37(48(36,10)11)28-21-29-40(44)53(33-22-16-14-17-23-33)34-24-18-15-19-25-34/h14-31,41H,1-13H3/t41-,54+/m0/s1. The first-order valence-corrected chi connectivity index (χ1v) is 21.4. The molecule has 0 bridgehead atoms. The van der Waals surface area contributed by atoms with Crippen LogP contribution in [0, 0.1) is 0 Å². The Morgan fingerprint density at radius 1 is 0.685 bits per heavy atom. The van der Waals surface area contributed by atoms with Gasteiger partial charge in [0, 0.05) is 45.6 Å². The first kappa shape index (κ1) is 39.9. The van der Waals surface area contributed by atoms with Gasteiger partial charge in [0.25, 0.3) is 0 Å². The first-order valence-electron chi connectivity index (χ1n) is 19.0. The third kappa shape index (κ3) is 7.45. The van der Waals surface area contributed by atoms with Gasteiger partial charge in [0.2, 0.25) is 0 Å². The second kappa shape index (κ2) is 14.7. The molecule has 4 nitrogen and oxygen atoms in total. The van der Waals surface area contributed by atoms with Gasteiger partial charge in [-0.3, -0.25) is 0 Å². The molecule has 0 saturated carbocycles. The van der Waals surface area contributed by atoms with Crippen LogP contribution in [0.1, 0.15) is 116 Å². The van der Waals surface area contributed by atoms with Gasteiger partial charge in [-0.25, -0.2) is 8.51 Å². The average molecular weight is 760 g/mol. The molecule has 6 heteroatoms. The van der Waals surface area contributed by atoms with E-state index in [-0.39, 0.29) is 22.3 Å². The van der Waals surface area contributed by atoms with Crippen LogP contribution in [0.3, 0.4) is 0 Å². The number of ether oxygens (including phenoxy) is 2. The second-order valence-corrected chi connectivity index (χ2v) is 22.6. The Hall–Kier alpha value is -3.76. The molecule has 1 aliphatic heterocycles. The van der Waals surface area contributed by atoms with Crippen molar-refractivity contribution in [2.45, 2.75) is 103 Å². The summed E-state index contributed by atoms with van der Waals surface area (Å²) in [5, 5.41) is 3.73. The Kier molecular flexibility index (Phi) is 10.9. The van der Waals surface area contributed by atoms with E-state index >= 15 is 0 Å². The van der Waals surface area contributed by atoms with Gasteiger partial charge in [-0.1, -0.05) is 152 Å². The number of hydrogen-bond donors (Lipinski definition) is 0. The Balaban J connectivity index is 1.65. The fraction of sp³-hybridized carbons (Fsp3) is 0.375. The minimum Gasteiger partial charge on any atom is -0.496 e. The lowest BCUT2D eigenvalue weighted by atomic mass is 9.74. The number of para-hydroxylation sites is 2. The summed E-state index contributed by atoms with van der Waals surface area (Å²) < 4.78 is 29.7. The fourth-order valence-corrected chi connectivity index (χ4v) is 11.5. The summed E-state index contributed by atoms with van der Waals surface area (Å²) in [6.07, 6.45) is 0. The van der Waals surface area contributed by atoms with Crippen LogP contribution in [0.15, 0.2) is 109 Å². The molecule has 0 N–H and O–H groups in total. The molecule has 54 heavy (non-hydrogen) atoms. The van der Waals surface area contributed by atoms with Crippen LogP contribution in [-0.2, 0) is 27.2 Å². The molecule has 1 aliphatic rings. The summed E-state index contributed by atoms with van der Waals surface area (Å²) in [5.74, 6) is 2.67. The highest BCUT2D eigenvalue weighted by Gasteiger charge is 2.41. The van der Waals surface area contributed by atoms with Crippen molar-refractivity contribution in [2.75, 3.05) is 14.2 Å². The molecule has 6 rings (SSSR count). The maximum absolute atomic E-state index is 14.6. The number of benzene rings is 5. The van der Waals surface area contributed by atoms with Crippen molar-refractivity contribution >= 4 is 34.8 Å². The van der Waals surface area contributed by atoms with Gasteiger partial charge in [-0.2, -0.15) is 0 Å². The summed E-state index contributed by atoms with van der Waals surface area (Å²) >= 11 is 0. The predicted molar refractivity (Wildman–Crippen MR) is 232 cm³/mol. The van der Waals surface area contributed by atoms with Gasteiger partial charge in [0.1, 0.15) is 28.2 Å². The zero-order chi connectivity index (χ0) is 39.4. The van der Waals surface area contributed by atoms with Gasteiger partial charge >= 0.3 is 0 Å². The average Bonchev–Trinajstić information content (AvgIpc) is 3.11. The molecule has 0 aliphatic carbocycles. The number of hydrogen-bond acceptors (Lipinski definition) is 3. The van der Waals surface area contributed by atoms with Crippen molar-refractivity contribution < 1.29 is 13.7 Å². The van der Waals surface area contributed by atoms with Crippen LogP contribution in [0.4, 0.5) is 0 Å². The zero-order valence-corrected chi connectivity index (χ0v) is 36.2. The van der Waals surface area contributed by atoms with E-state index in [4.69, 9.17) is 9.47 Å². The molecular weight excluding hydrogens is 702 g/mol. The van der Waals surface area contributed by atoms with E-state index in [0.29, 0.717) is 0 Å². The van der Waals surface area contributed by atoms with Crippen LogP contribution < -0.4 is 25.4 Å². The number of fused-ring (bicyclic) bond motifs is 2. The minimum atomic E-state index is -1.35. The van der Waals surface area contributed by atoms with Gasteiger partial charge in [-0.15, -0.1) is 0 Å². The van der Waals surface area contributed by atoms with E-state index < -0.39 is 23.7 Å². The zero-order valence-electron chi connectivity index (χ0n) is 34.5. The summed E-state index contributed by atoms with van der Waals surface area (Å²) in [5.41, 5.74) is 5.82. The smallest absolute Gasteiger partial charge is 0.139 e. The third-order valence-electron chi connectivity index (χ3n) is 10.6. The van der Waals surface area contributed by atoms with Crippen LogP contribution >= 0.6 is 7.92 Å². The van der Waals surface area contributed by atoms with Crippen molar-refractivity contribution in [1.82, 2.24) is 4.31 Å². The lowest BCUT2D eigenvalue weighted by molar-refractivity contribution is 0.376. The van der Waals surface area contributed by atoms with E-state index in [1.165, 1.54) is 21.5 Å². The Bertz CT molecular complexity index is 2080. The fourth-order valence-electron chi connectivity index (χ4n) is 7.76. The predicted octanol–water partition coefficient (Wildman–Crippen LogP) is 11.0. The van der Waals surface area contributed by atoms with E-state index in [1.807, 2.05) is 27.8 Å². The highest BCUT2D eigenvalue weighted by atomic mass is 32.2. The van der Waals surface area contributed by atoms with E-state index in [9.17, 15) is 4.21 Å². The molecule has 5 aromatic rings. The summed E-state index contributed by atoms with van der Waals surface area (Å²) in [7, 11) is 1.48. The van der Waals surface area contributed by atoms with Gasteiger partial charge in [-0.05, 0) is 67.8 Å². The molecule has 0 spiro atoms. The van der Waals surface area contributed by atoms with Crippen molar-refractivity contribution in [3.8, 4) is 17.2 Å². The maximum atomic E-state index is 14.6. The summed E-state index contributed by atoms with van der Waals surface area (Å²) in [4.78, 5) is 0. The number of methoxy groups -OCH3 is 1. The molecule has 0 radical (unpaired) electrons. The van der Waals surface area contributed by atoms with Gasteiger partial charge < -0.3 is 9.47 Å². The molecule has 0 aromatic heterocycles. The third-order valence-corrected chi connectivity index (χ3v) is 14.8. The Labute approximate surface area is 328 Å². The highest BCUT2D eigenvalue weighted by molar-refractivity contribution is 7.84. The van der Waals surface area contributed by atoms with E-state index in [0.717, 1.165) is 45.1 Å². The van der Waals surface area contributed by atoms with Gasteiger partial charge in [0.15, 0.2) is 0 Å². The molecule has 284 valence electrons. The molecule has 0 amide bonds. The normalized spacial score (nSPS) is 15.3. The van der Waals surface area contributed by atoms with Crippen molar-refractivity contribution in [3.05, 3.63) is 143 Å².